The maximum atomic E-state index is 11.1. The van der Waals surface area contributed by atoms with Crippen LogP contribution in [0.5, 0.6) is 5.75 Å². The minimum atomic E-state index is -0.323. The van der Waals surface area contributed by atoms with E-state index in [1.54, 1.807) is 6.07 Å². The maximum Gasteiger partial charge on any atom is 0.336 e. The molecule has 4 nitrogen and oxygen atoms in total. The van der Waals surface area contributed by atoms with Crippen LogP contribution in [0.2, 0.25) is 0 Å². The lowest BCUT2D eigenvalue weighted by Gasteiger charge is -2.08. The SMILES string of the molecule is Cl.O=c1ccc2cc(CNCCOc3ccccc3)ccc2o1. The van der Waals surface area contributed by atoms with E-state index in [4.69, 9.17) is 9.15 Å². The summed E-state index contributed by atoms with van der Waals surface area (Å²) in [5.74, 6) is 0.880. The number of fused-ring (bicyclic) bond motifs is 1. The van der Waals surface area contributed by atoms with Crippen LogP contribution >= 0.6 is 12.4 Å². The van der Waals surface area contributed by atoms with Crippen molar-refractivity contribution < 1.29 is 9.15 Å². The molecule has 3 aromatic rings. The third kappa shape index (κ3) is 4.84. The Kier molecular flexibility index (Phi) is 6.20. The second-order valence-electron chi connectivity index (χ2n) is 4.96. The van der Waals surface area contributed by atoms with Gasteiger partial charge < -0.3 is 14.5 Å². The molecule has 0 aliphatic carbocycles. The molecule has 0 amide bonds. The fourth-order valence-corrected chi connectivity index (χ4v) is 2.22. The van der Waals surface area contributed by atoms with Gasteiger partial charge in [-0.3, -0.25) is 0 Å². The van der Waals surface area contributed by atoms with Crippen molar-refractivity contribution in [2.75, 3.05) is 13.2 Å². The zero-order valence-electron chi connectivity index (χ0n) is 12.5. The summed E-state index contributed by atoms with van der Waals surface area (Å²) in [6.07, 6.45) is 0. The Morgan fingerprint density at radius 2 is 1.83 bits per heavy atom. The highest BCUT2D eigenvalue weighted by Crippen LogP contribution is 2.13. The molecular weight excluding hydrogens is 314 g/mol. The van der Waals surface area contributed by atoms with E-state index >= 15 is 0 Å². The smallest absolute Gasteiger partial charge is 0.336 e. The average Bonchev–Trinajstić information content (AvgIpc) is 2.55. The van der Waals surface area contributed by atoms with Gasteiger partial charge in [0.2, 0.25) is 0 Å². The molecule has 23 heavy (non-hydrogen) atoms. The van der Waals surface area contributed by atoms with Gasteiger partial charge in [-0.1, -0.05) is 24.3 Å². The summed E-state index contributed by atoms with van der Waals surface area (Å²) in [5, 5.41) is 4.26. The van der Waals surface area contributed by atoms with Crippen molar-refractivity contribution in [1.82, 2.24) is 5.32 Å². The van der Waals surface area contributed by atoms with Gasteiger partial charge >= 0.3 is 5.63 Å². The number of ether oxygens (including phenoxy) is 1. The predicted molar refractivity (Wildman–Crippen MR) is 93.4 cm³/mol. The lowest BCUT2D eigenvalue weighted by molar-refractivity contribution is 0.313. The summed E-state index contributed by atoms with van der Waals surface area (Å²) >= 11 is 0. The second kappa shape index (κ2) is 8.36. The molecule has 5 heteroatoms. The summed E-state index contributed by atoms with van der Waals surface area (Å²) in [5.41, 5.74) is 1.43. The van der Waals surface area contributed by atoms with Crippen LogP contribution in [0.4, 0.5) is 0 Å². The first-order valence-electron chi connectivity index (χ1n) is 7.23. The van der Waals surface area contributed by atoms with Crippen LogP contribution in [-0.4, -0.2) is 13.2 Å². The normalized spacial score (nSPS) is 10.3. The monoisotopic (exact) mass is 331 g/mol. The molecule has 0 saturated carbocycles. The van der Waals surface area contributed by atoms with E-state index in [-0.39, 0.29) is 18.0 Å². The first-order valence-corrected chi connectivity index (χ1v) is 7.23. The number of halogens is 1. The van der Waals surface area contributed by atoms with Gasteiger partial charge in [-0.15, -0.1) is 12.4 Å². The van der Waals surface area contributed by atoms with Gasteiger partial charge in [0.05, 0.1) is 0 Å². The van der Waals surface area contributed by atoms with E-state index < -0.39 is 0 Å². The summed E-state index contributed by atoms with van der Waals surface area (Å²) in [6, 6.07) is 18.8. The molecular formula is C18H18ClNO3. The molecule has 0 aliphatic rings. The molecule has 0 unspecified atom stereocenters. The van der Waals surface area contributed by atoms with Crippen molar-refractivity contribution in [2.24, 2.45) is 0 Å². The minimum Gasteiger partial charge on any atom is -0.492 e. The molecule has 1 aromatic heterocycles. The molecule has 0 atom stereocenters. The van der Waals surface area contributed by atoms with Crippen molar-refractivity contribution in [3.63, 3.8) is 0 Å². The van der Waals surface area contributed by atoms with Gasteiger partial charge in [0, 0.05) is 24.5 Å². The average molecular weight is 332 g/mol. The highest BCUT2D eigenvalue weighted by Gasteiger charge is 1.99. The topological polar surface area (TPSA) is 51.5 Å². The summed E-state index contributed by atoms with van der Waals surface area (Å²) < 4.78 is 10.7. The highest BCUT2D eigenvalue weighted by molar-refractivity contribution is 5.85. The van der Waals surface area contributed by atoms with E-state index in [0.29, 0.717) is 12.2 Å². The number of nitrogens with one attached hydrogen (secondary N) is 1. The van der Waals surface area contributed by atoms with Crippen molar-refractivity contribution in [3.05, 3.63) is 76.6 Å². The largest absolute Gasteiger partial charge is 0.492 e. The molecule has 0 saturated heterocycles. The first-order chi connectivity index (χ1) is 10.8. The Bertz CT molecular complexity index is 802. The summed E-state index contributed by atoms with van der Waals surface area (Å²) in [7, 11) is 0. The molecule has 120 valence electrons. The van der Waals surface area contributed by atoms with Gasteiger partial charge in [0.15, 0.2) is 0 Å². The van der Waals surface area contributed by atoms with E-state index in [9.17, 15) is 4.79 Å². The van der Waals surface area contributed by atoms with Crippen molar-refractivity contribution in [2.45, 2.75) is 6.54 Å². The van der Waals surface area contributed by atoms with E-state index in [1.165, 1.54) is 6.07 Å². The van der Waals surface area contributed by atoms with Gasteiger partial charge in [0.1, 0.15) is 17.9 Å². The zero-order valence-corrected chi connectivity index (χ0v) is 13.3. The van der Waals surface area contributed by atoms with Crippen LogP contribution in [-0.2, 0) is 6.54 Å². The summed E-state index contributed by atoms with van der Waals surface area (Å²) in [4.78, 5) is 11.1. The van der Waals surface area contributed by atoms with E-state index in [0.717, 1.165) is 29.8 Å². The molecule has 0 aliphatic heterocycles. The van der Waals surface area contributed by atoms with Crippen molar-refractivity contribution in [1.29, 1.82) is 0 Å². The van der Waals surface area contributed by atoms with Gasteiger partial charge in [-0.2, -0.15) is 0 Å². The molecule has 3 rings (SSSR count). The van der Waals surface area contributed by atoms with Crippen LogP contribution in [0, 0.1) is 0 Å². The lowest BCUT2D eigenvalue weighted by Crippen LogP contribution is -2.20. The van der Waals surface area contributed by atoms with Gasteiger partial charge in [-0.05, 0) is 35.9 Å². The van der Waals surface area contributed by atoms with Crippen LogP contribution in [0.3, 0.4) is 0 Å². The van der Waals surface area contributed by atoms with Gasteiger partial charge in [-0.25, -0.2) is 4.79 Å². The number of hydrogen-bond donors (Lipinski definition) is 1. The van der Waals surface area contributed by atoms with Crippen LogP contribution < -0.4 is 15.7 Å². The lowest BCUT2D eigenvalue weighted by atomic mass is 10.1. The third-order valence-corrected chi connectivity index (χ3v) is 3.30. The molecule has 0 radical (unpaired) electrons. The fourth-order valence-electron chi connectivity index (χ4n) is 2.22. The Hall–Kier alpha value is -2.30. The molecule has 1 N–H and O–H groups in total. The predicted octanol–water partition coefficient (Wildman–Crippen LogP) is 3.38. The Morgan fingerprint density at radius 3 is 2.65 bits per heavy atom. The quantitative estimate of drug-likeness (QED) is 0.555. The molecule has 1 heterocycles. The number of hydrogen-bond acceptors (Lipinski definition) is 4. The third-order valence-electron chi connectivity index (χ3n) is 3.30. The Labute approximate surface area is 140 Å². The highest BCUT2D eigenvalue weighted by atomic mass is 35.5. The number of benzene rings is 2. The number of rotatable bonds is 6. The van der Waals surface area contributed by atoms with E-state index in [1.807, 2.05) is 48.5 Å². The van der Waals surface area contributed by atoms with Crippen molar-refractivity contribution >= 4 is 23.4 Å². The fraction of sp³-hybridized carbons (Fsp3) is 0.167. The van der Waals surface area contributed by atoms with Crippen LogP contribution in [0.15, 0.2) is 69.9 Å². The Morgan fingerprint density at radius 1 is 1.00 bits per heavy atom. The summed E-state index contributed by atoms with van der Waals surface area (Å²) in [6.45, 7) is 2.12. The number of para-hydroxylation sites is 1. The molecule has 2 aromatic carbocycles. The van der Waals surface area contributed by atoms with Crippen molar-refractivity contribution in [3.8, 4) is 5.75 Å². The first kappa shape index (κ1) is 17.1. The standard InChI is InChI=1S/C18H17NO3.ClH/c20-18-9-7-15-12-14(6-8-17(15)22-18)13-19-10-11-21-16-4-2-1-3-5-16;/h1-9,12,19H,10-11,13H2;1H. The zero-order chi connectivity index (χ0) is 15.2. The minimum absolute atomic E-state index is 0. The van der Waals surface area contributed by atoms with Crippen LogP contribution in [0.1, 0.15) is 5.56 Å². The molecule has 0 spiro atoms. The van der Waals surface area contributed by atoms with Gasteiger partial charge in [0.25, 0.3) is 0 Å². The van der Waals surface area contributed by atoms with E-state index in [2.05, 4.69) is 5.32 Å². The Balaban J connectivity index is 0.00000192. The second-order valence-corrected chi connectivity index (χ2v) is 4.96. The van der Waals surface area contributed by atoms with Crippen LogP contribution in [0.25, 0.3) is 11.0 Å². The maximum absolute atomic E-state index is 11.1. The molecule has 0 bridgehead atoms. The molecule has 0 fully saturated rings.